The third-order valence-corrected chi connectivity index (χ3v) is 5.26. The number of carbonyl (C=O) groups is 2. The standard InChI is InChI=1S/C25H35N3O3/c1-19(2)15-16-28(23(18-29)21-13-9-6-10-14-21)25(31)26-22(24(30)27(3)4)17-20-11-7-5-8-12-20/h5-14,19,22-23,29H,15-18H2,1-4H3,(H,26,31). The van der Waals surface area contributed by atoms with Gasteiger partial charge in [0.1, 0.15) is 6.04 Å². The van der Waals surface area contributed by atoms with Crippen LogP contribution in [0.4, 0.5) is 4.79 Å². The van der Waals surface area contributed by atoms with Crippen LogP contribution in [-0.2, 0) is 11.2 Å². The number of rotatable bonds is 10. The highest BCUT2D eigenvalue weighted by molar-refractivity contribution is 5.87. The van der Waals surface area contributed by atoms with Crippen LogP contribution >= 0.6 is 0 Å². The Hall–Kier alpha value is -2.86. The highest BCUT2D eigenvalue weighted by Gasteiger charge is 2.29. The number of benzene rings is 2. The van der Waals surface area contributed by atoms with E-state index in [-0.39, 0.29) is 18.5 Å². The van der Waals surface area contributed by atoms with Crippen molar-refractivity contribution in [2.24, 2.45) is 5.92 Å². The molecule has 168 valence electrons. The third-order valence-electron chi connectivity index (χ3n) is 5.26. The lowest BCUT2D eigenvalue weighted by Crippen LogP contribution is -2.53. The van der Waals surface area contributed by atoms with Gasteiger partial charge < -0.3 is 20.2 Å². The monoisotopic (exact) mass is 425 g/mol. The summed E-state index contributed by atoms with van der Waals surface area (Å²) in [5, 5.41) is 13.1. The van der Waals surface area contributed by atoms with Gasteiger partial charge in [-0.05, 0) is 23.5 Å². The van der Waals surface area contributed by atoms with Crippen LogP contribution in [0.15, 0.2) is 60.7 Å². The van der Waals surface area contributed by atoms with Gasteiger partial charge >= 0.3 is 6.03 Å². The summed E-state index contributed by atoms with van der Waals surface area (Å²) in [6.45, 7) is 4.49. The minimum absolute atomic E-state index is 0.165. The summed E-state index contributed by atoms with van der Waals surface area (Å²) in [4.78, 5) is 29.4. The van der Waals surface area contributed by atoms with E-state index < -0.39 is 12.1 Å². The van der Waals surface area contributed by atoms with Gasteiger partial charge in [-0.2, -0.15) is 0 Å². The van der Waals surface area contributed by atoms with Crippen LogP contribution in [0.2, 0.25) is 0 Å². The van der Waals surface area contributed by atoms with Gasteiger partial charge in [0.05, 0.1) is 12.6 Å². The Morgan fingerprint density at radius 1 is 0.968 bits per heavy atom. The molecule has 3 amide bonds. The first-order chi connectivity index (χ1) is 14.8. The molecule has 6 heteroatoms. The van der Waals surface area contributed by atoms with Crippen LogP contribution < -0.4 is 5.32 Å². The van der Waals surface area contributed by atoms with E-state index in [2.05, 4.69) is 19.2 Å². The van der Waals surface area contributed by atoms with Crippen LogP contribution in [0.1, 0.15) is 37.4 Å². The molecule has 6 nitrogen and oxygen atoms in total. The topological polar surface area (TPSA) is 72.9 Å². The van der Waals surface area contributed by atoms with Crippen LogP contribution in [0.3, 0.4) is 0 Å². The van der Waals surface area contributed by atoms with Gasteiger partial charge in [0, 0.05) is 27.1 Å². The molecule has 2 aromatic carbocycles. The second kappa shape index (κ2) is 12.1. The Morgan fingerprint density at radius 2 is 1.55 bits per heavy atom. The van der Waals surface area contributed by atoms with Crippen LogP contribution in [0, 0.1) is 5.92 Å². The number of hydrogen-bond acceptors (Lipinski definition) is 3. The molecule has 0 bridgehead atoms. The molecule has 2 unspecified atom stereocenters. The first-order valence-corrected chi connectivity index (χ1v) is 10.8. The van der Waals surface area contributed by atoms with Crippen LogP contribution in [-0.4, -0.2) is 60.1 Å². The van der Waals surface area contributed by atoms with E-state index in [0.29, 0.717) is 18.9 Å². The first kappa shape index (κ1) is 24.4. The van der Waals surface area contributed by atoms with Gasteiger partial charge in [-0.15, -0.1) is 0 Å². The molecular weight excluding hydrogens is 390 g/mol. The van der Waals surface area contributed by atoms with Crippen LogP contribution in [0.25, 0.3) is 0 Å². The van der Waals surface area contributed by atoms with Gasteiger partial charge in [-0.25, -0.2) is 4.79 Å². The average molecular weight is 426 g/mol. The zero-order valence-electron chi connectivity index (χ0n) is 19.0. The van der Waals surface area contributed by atoms with Gasteiger partial charge in [0.15, 0.2) is 0 Å². The third kappa shape index (κ3) is 7.40. The Balaban J connectivity index is 2.28. The highest BCUT2D eigenvalue weighted by Crippen LogP contribution is 2.22. The fourth-order valence-electron chi connectivity index (χ4n) is 3.45. The van der Waals surface area contributed by atoms with Crippen molar-refractivity contribution in [2.45, 2.75) is 38.8 Å². The van der Waals surface area contributed by atoms with Crippen molar-refractivity contribution in [1.29, 1.82) is 0 Å². The number of carbonyl (C=O) groups excluding carboxylic acids is 2. The molecule has 0 radical (unpaired) electrons. The van der Waals surface area contributed by atoms with E-state index >= 15 is 0 Å². The minimum Gasteiger partial charge on any atom is -0.394 e. The minimum atomic E-state index is -0.693. The van der Waals surface area contributed by atoms with E-state index in [1.807, 2.05) is 60.7 Å². The molecule has 0 aromatic heterocycles. The van der Waals surface area contributed by atoms with Crippen molar-refractivity contribution in [1.82, 2.24) is 15.1 Å². The van der Waals surface area contributed by atoms with E-state index in [4.69, 9.17) is 0 Å². The summed E-state index contributed by atoms with van der Waals surface area (Å²) >= 11 is 0. The summed E-state index contributed by atoms with van der Waals surface area (Å²) in [7, 11) is 3.37. The molecule has 2 atom stereocenters. The lowest BCUT2D eigenvalue weighted by atomic mass is 10.0. The zero-order valence-corrected chi connectivity index (χ0v) is 19.0. The summed E-state index contributed by atoms with van der Waals surface area (Å²) in [5.74, 6) is 0.232. The Bertz CT molecular complexity index is 809. The van der Waals surface area contributed by atoms with E-state index in [1.54, 1.807) is 19.0 Å². The fourth-order valence-corrected chi connectivity index (χ4v) is 3.45. The molecule has 0 saturated carbocycles. The van der Waals surface area contributed by atoms with E-state index in [1.165, 1.54) is 4.90 Å². The van der Waals surface area contributed by atoms with E-state index in [9.17, 15) is 14.7 Å². The van der Waals surface area contributed by atoms with Crippen molar-refractivity contribution in [3.8, 4) is 0 Å². The normalized spacial score (nSPS) is 12.8. The summed E-state index contributed by atoms with van der Waals surface area (Å²) in [5.41, 5.74) is 1.83. The maximum absolute atomic E-state index is 13.4. The van der Waals surface area contributed by atoms with Crippen LogP contribution in [0.5, 0.6) is 0 Å². The van der Waals surface area contributed by atoms with Crippen molar-refractivity contribution in [3.63, 3.8) is 0 Å². The van der Waals surface area contributed by atoms with Gasteiger partial charge in [-0.3, -0.25) is 4.79 Å². The predicted molar refractivity (Wildman–Crippen MR) is 124 cm³/mol. The Labute approximate surface area is 185 Å². The number of amides is 3. The lowest BCUT2D eigenvalue weighted by molar-refractivity contribution is -0.130. The zero-order chi connectivity index (χ0) is 22.8. The maximum Gasteiger partial charge on any atom is 0.318 e. The number of nitrogens with one attached hydrogen (secondary N) is 1. The van der Waals surface area contributed by atoms with Crippen molar-refractivity contribution in [2.75, 3.05) is 27.2 Å². The number of urea groups is 1. The van der Waals surface area contributed by atoms with Gasteiger partial charge in [0.2, 0.25) is 5.91 Å². The van der Waals surface area contributed by atoms with Crippen molar-refractivity contribution < 1.29 is 14.7 Å². The number of aliphatic hydroxyl groups is 1. The summed E-state index contributed by atoms with van der Waals surface area (Å²) in [6.07, 6.45) is 1.19. The van der Waals surface area contributed by atoms with Crippen molar-refractivity contribution in [3.05, 3.63) is 71.8 Å². The first-order valence-electron chi connectivity index (χ1n) is 10.8. The SMILES string of the molecule is CC(C)CCN(C(=O)NC(Cc1ccccc1)C(=O)N(C)C)C(CO)c1ccccc1. The largest absolute Gasteiger partial charge is 0.394 e. The molecule has 0 spiro atoms. The molecule has 0 saturated heterocycles. The number of likely N-dealkylation sites (N-methyl/N-ethyl adjacent to an activating group) is 1. The second-order valence-electron chi connectivity index (χ2n) is 8.41. The van der Waals surface area contributed by atoms with Gasteiger partial charge in [0.25, 0.3) is 0 Å². The Kier molecular flexibility index (Phi) is 9.53. The second-order valence-corrected chi connectivity index (χ2v) is 8.41. The molecular formula is C25H35N3O3. The maximum atomic E-state index is 13.4. The molecule has 0 aliphatic rings. The Morgan fingerprint density at radius 3 is 2.06 bits per heavy atom. The van der Waals surface area contributed by atoms with E-state index in [0.717, 1.165) is 17.5 Å². The highest BCUT2D eigenvalue weighted by atomic mass is 16.3. The molecule has 0 aliphatic carbocycles. The average Bonchev–Trinajstić information content (AvgIpc) is 2.76. The molecule has 0 heterocycles. The molecule has 0 aliphatic heterocycles. The fraction of sp³-hybridized carbons (Fsp3) is 0.440. The smallest absolute Gasteiger partial charge is 0.318 e. The lowest BCUT2D eigenvalue weighted by Gasteiger charge is -2.33. The van der Waals surface area contributed by atoms with Crippen molar-refractivity contribution >= 4 is 11.9 Å². The summed E-state index contributed by atoms with van der Waals surface area (Å²) in [6, 6.07) is 17.6. The molecule has 31 heavy (non-hydrogen) atoms. The number of aliphatic hydroxyl groups excluding tert-OH is 1. The molecule has 2 aromatic rings. The van der Waals surface area contributed by atoms with Gasteiger partial charge in [-0.1, -0.05) is 74.5 Å². The summed E-state index contributed by atoms with van der Waals surface area (Å²) < 4.78 is 0. The molecule has 2 rings (SSSR count). The predicted octanol–water partition coefficient (Wildman–Crippen LogP) is 3.48. The number of nitrogens with zero attached hydrogens (tertiary/aromatic N) is 2. The molecule has 2 N–H and O–H groups in total. The quantitative estimate of drug-likeness (QED) is 0.612. The number of hydrogen-bond donors (Lipinski definition) is 2. The molecule has 0 fully saturated rings.